The molecule has 2 saturated heterocycles. The molecule has 3 nitrogen and oxygen atoms in total. The Balaban J connectivity index is 1.63. The smallest absolute Gasteiger partial charge is 0.0984 e. The van der Waals surface area contributed by atoms with Crippen LogP contribution in [0.5, 0.6) is 0 Å². The normalized spacial score (nSPS) is 32.4. The number of rotatable bonds is 5. The molecule has 1 aliphatic carbocycles. The molecule has 0 aromatic carbocycles. The number of hydrogen-bond donors (Lipinski definition) is 0. The molecule has 0 bridgehead atoms. The zero-order chi connectivity index (χ0) is 10.1. The standard InChI is InChI=1S/C12H17NO2/c1-2-4-10(5-3-1)13(6-11-8-14-11)7-12-9-15-12/h1-2,4,11-12H,3,5-9H2. The van der Waals surface area contributed by atoms with Gasteiger partial charge in [0.15, 0.2) is 0 Å². The Kier molecular flexibility index (Phi) is 2.51. The Morgan fingerprint density at radius 2 is 1.87 bits per heavy atom. The first kappa shape index (κ1) is 9.43. The third kappa shape index (κ3) is 2.61. The van der Waals surface area contributed by atoms with Gasteiger partial charge in [0.1, 0.15) is 0 Å². The highest BCUT2D eigenvalue weighted by Crippen LogP contribution is 2.23. The highest BCUT2D eigenvalue weighted by Gasteiger charge is 2.31. The molecule has 2 unspecified atom stereocenters. The first-order valence-corrected chi connectivity index (χ1v) is 5.75. The van der Waals surface area contributed by atoms with Gasteiger partial charge in [0, 0.05) is 18.8 Å². The maximum absolute atomic E-state index is 5.30. The third-order valence-electron chi connectivity index (χ3n) is 3.05. The van der Waals surface area contributed by atoms with Gasteiger partial charge in [-0.3, -0.25) is 0 Å². The van der Waals surface area contributed by atoms with Crippen molar-refractivity contribution in [2.45, 2.75) is 25.0 Å². The molecular formula is C12H17NO2. The number of epoxide rings is 2. The summed E-state index contributed by atoms with van der Waals surface area (Å²) in [6.07, 6.45) is 9.88. The summed E-state index contributed by atoms with van der Waals surface area (Å²) in [5, 5.41) is 0. The van der Waals surface area contributed by atoms with Crippen molar-refractivity contribution in [3.05, 3.63) is 23.9 Å². The van der Waals surface area contributed by atoms with Gasteiger partial charge in [-0.1, -0.05) is 12.2 Å². The van der Waals surface area contributed by atoms with Crippen molar-refractivity contribution in [3.63, 3.8) is 0 Å². The van der Waals surface area contributed by atoms with Crippen LogP contribution in [0.4, 0.5) is 0 Å². The van der Waals surface area contributed by atoms with Crippen LogP contribution in [0.25, 0.3) is 0 Å². The summed E-state index contributed by atoms with van der Waals surface area (Å²) in [5.41, 5.74) is 1.45. The Morgan fingerprint density at radius 3 is 2.33 bits per heavy atom. The molecule has 0 N–H and O–H groups in total. The summed E-state index contributed by atoms with van der Waals surface area (Å²) in [6, 6.07) is 0. The average Bonchev–Trinajstić information content (AvgIpc) is 3.13. The minimum Gasteiger partial charge on any atom is -0.371 e. The van der Waals surface area contributed by atoms with Crippen molar-refractivity contribution in [1.82, 2.24) is 4.90 Å². The average molecular weight is 207 g/mol. The van der Waals surface area contributed by atoms with Crippen LogP contribution < -0.4 is 0 Å². The molecule has 3 aliphatic rings. The van der Waals surface area contributed by atoms with E-state index in [9.17, 15) is 0 Å². The molecule has 2 heterocycles. The van der Waals surface area contributed by atoms with E-state index in [0.29, 0.717) is 12.2 Å². The van der Waals surface area contributed by atoms with Crippen LogP contribution in [-0.4, -0.2) is 43.4 Å². The molecule has 3 heteroatoms. The fourth-order valence-corrected chi connectivity index (χ4v) is 2.00. The van der Waals surface area contributed by atoms with Crippen molar-refractivity contribution in [3.8, 4) is 0 Å². The second kappa shape index (κ2) is 3.99. The van der Waals surface area contributed by atoms with Gasteiger partial charge in [0.25, 0.3) is 0 Å². The van der Waals surface area contributed by atoms with Crippen molar-refractivity contribution < 1.29 is 9.47 Å². The Bertz CT molecular complexity index is 276. The van der Waals surface area contributed by atoms with Gasteiger partial charge in [-0.15, -0.1) is 0 Å². The molecule has 2 fully saturated rings. The molecule has 82 valence electrons. The Hall–Kier alpha value is -0.800. The predicted octanol–water partition coefficient (Wildman–Crippen LogP) is 1.32. The highest BCUT2D eigenvalue weighted by molar-refractivity contribution is 5.17. The molecule has 0 saturated carbocycles. The summed E-state index contributed by atoms with van der Waals surface area (Å²) in [5.74, 6) is 0. The molecule has 0 aromatic heterocycles. The van der Waals surface area contributed by atoms with E-state index in [2.05, 4.69) is 23.1 Å². The van der Waals surface area contributed by atoms with Gasteiger partial charge in [-0.05, 0) is 18.9 Å². The molecule has 3 rings (SSSR count). The van der Waals surface area contributed by atoms with Crippen molar-refractivity contribution in [2.75, 3.05) is 26.3 Å². The van der Waals surface area contributed by atoms with Crippen LogP contribution >= 0.6 is 0 Å². The van der Waals surface area contributed by atoms with E-state index in [4.69, 9.17) is 9.47 Å². The largest absolute Gasteiger partial charge is 0.371 e. The zero-order valence-electron chi connectivity index (χ0n) is 8.89. The van der Waals surface area contributed by atoms with E-state index in [0.717, 1.165) is 32.7 Å². The fourth-order valence-electron chi connectivity index (χ4n) is 2.00. The van der Waals surface area contributed by atoms with E-state index < -0.39 is 0 Å². The van der Waals surface area contributed by atoms with E-state index in [1.807, 2.05) is 0 Å². The van der Waals surface area contributed by atoms with Gasteiger partial charge in [-0.25, -0.2) is 0 Å². The van der Waals surface area contributed by atoms with Crippen LogP contribution in [-0.2, 0) is 9.47 Å². The minimum absolute atomic E-state index is 0.468. The number of allylic oxidation sites excluding steroid dienone is 4. The Labute approximate surface area is 90.3 Å². The van der Waals surface area contributed by atoms with Gasteiger partial charge < -0.3 is 14.4 Å². The minimum atomic E-state index is 0.468. The Morgan fingerprint density at radius 1 is 1.20 bits per heavy atom. The zero-order valence-corrected chi connectivity index (χ0v) is 8.89. The van der Waals surface area contributed by atoms with E-state index in [1.54, 1.807) is 0 Å². The number of hydrogen-bond acceptors (Lipinski definition) is 3. The fraction of sp³-hybridized carbons (Fsp3) is 0.667. The molecule has 15 heavy (non-hydrogen) atoms. The number of ether oxygens (including phenoxy) is 2. The first-order chi connectivity index (χ1) is 7.42. The summed E-state index contributed by atoms with van der Waals surface area (Å²) in [6.45, 7) is 3.95. The van der Waals surface area contributed by atoms with Gasteiger partial charge in [0.05, 0.1) is 25.4 Å². The van der Waals surface area contributed by atoms with Crippen LogP contribution in [0.3, 0.4) is 0 Å². The lowest BCUT2D eigenvalue weighted by Gasteiger charge is -2.27. The van der Waals surface area contributed by atoms with Crippen LogP contribution in [0, 0.1) is 0 Å². The molecule has 0 amide bonds. The van der Waals surface area contributed by atoms with E-state index in [-0.39, 0.29) is 0 Å². The summed E-state index contributed by atoms with van der Waals surface area (Å²) in [7, 11) is 0. The molecular weight excluding hydrogens is 190 g/mol. The topological polar surface area (TPSA) is 28.3 Å². The molecule has 2 aliphatic heterocycles. The lowest BCUT2D eigenvalue weighted by atomic mass is 10.1. The molecule has 0 aromatic rings. The molecule has 2 atom stereocenters. The highest BCUT2D eigenvalue weighted by atomic mass is 16.6. The van der Waals surface area contributed by atoms with Gasteiger partial charge in [0.2, 0.25) is 0 Å². The second-order valence-corrected chi connectivity index (χ2v) is 4.44. The van der Waals surface area contributed by atoms with Crippen LogP contribution in [0.15, 0.2) is 23.9 Å². The van der Waals surface area contributed by atoms with Gasteiger partial charge in [-0.2, -0.15) is 0 Å². The maximum atomic E-state index is 5.30. The third-order valence-corrected chi connectivity index (χ3v) is 3.05. The maximum Gasteiger partial charge on any atom is 0.0984 e. The quantitative estimate of drug-likeness (QED) is 0.636. The number of nitrogens with zero attached hydrogens (tertiary/aromatic N) is 1. The summed E-state index contributed by atoms with van der Waals surface area (Å²) >= 11 is 0. The van der Waals surface area contributed by atoms with Crippen molar-refractivity contribution in [2.24, 2.45) is 0 Å². The summed E-state index contributed by atoms with van der Waals surface area (Å²) < 4.78 is 10.6. The first-order valence-electron chi connectivity index (χ1n) is 5.75. The van der Waals surface area contributed by atoms with E-state index >= 15 is 0 Å². The van der Waals surface area contributed by atoms with Gasteiger partial charge >= 0.3 is 0 Å². The van der Waals surface area contributed by atoms with Crippen molar-refractivity contribution in [1.29, 1.82) is 0 Å². The van der Waals surface area contributed by atoms with Crippen molar-refractivity contribution >= 4 is 0 Å². The van der Waals surface area contributed by atoms with Crippen LogP contribution in [0.1, 0.15) is 12.8 Å². The second-order valence-electron chi connectivity index (χ2n) is 4.44. The predicted molar refractivity (Wildman–Crippen MR) is 57.5 cm³/mol. The van der Waals surface area contributed by atoms with Crippen LogP contribution in [0.2, 0.25) is 0 Å². The molecule has 0 spiro atoms. The summed E-state index contributed by atoms with van der Waals surface area (Å²) in [4.78, 5) is 2.44. The lowest BCUT2D eigenvalue weighted by molar-refractivity contribution is 0.256. The molecule has 0 radical (unpaired) electrons. The monoisotopic (exact) mass is 207 g/mol. The lowest BCUT2D eigenvalue weighted by Crippen LogP contribution is -2.31. The van der Waals surface area contributed by atoms with E-state index in [1.165, 1.54) is 12.1 Å². The SMILES string of the molecule is C1=CCCC(N(CC2CO2)CC2CO2)=C1.